The minimum atomic E-state index is -0.329. The summed E-state index contributed by atoms with van der Waals surface area (Å²) < 4.78 is 13.9. The second kappa shape index (κ2) is 5.79. The van der Waals surface area contributed by atoms with Crippen LogP contribution >= 0.6 is 23.2 Å². The molecule has 0 radical (unpaired) electrons. The third-order valence-electron chi connectivity index (χ3n) is 4.41. The van der Waals surface area contributed by atoms with Crippen LogP contribution in [0.4, 0.5) is 4.39 Å². The Morgan fingerprint density at radius 1 is 1.12 bits per heavy atom. The average Bonchev–Trinajstić information content (AvgIpc) is 2.57. The number of rotatable bonds is 1. The molecule has 0 saturated carbocycles. The van der Waals surface area contributed by atoms with E-state index in [2.05, 4.69) is 18.8 Å². The molecular formula is C20H15Cl2FN2. The van der Waals surface area contributed by atoms with Gasteiger partial charge in [-0.15, -0.1) is 0 Å². The van der Waals surface area contributed by atoms with Crippen molar-refractivity contribution in [3.63, 3.8) is 0 Å². The van der Waals surface area contributed by atoms with Gasteiger partial charge in [-0.3, -0.25) is 9.98 Å². The molecule has 0 fully saturated rings. The van der Waals surface area contributed by atoms with Crippen LogP contribution < -0.4 is 0 Å². The Hall–Kier alpha value is -1.97. The molecule has 0 spiro atoms. The van der Waals surface area contributed by atoms with E-state index >= 15 is 0 Å². The molecule has 0 atom stereocenters. The SMILES string of the molecule is CC1(C)Cc2c(ccc(Cl)c2Cl)C(c2cnc3c(F)cccc3c2)=N1. The van der Waals surface area contributed by atoms with Gasteiger partial charge < -0.3 is 0 Å². The highest BCUT2D eigenvalue weighted by atomic mass is 35.5. The van der Waals surface area contributed by atoms with Gasteiger partial charge in [0.25, 0.3) is 0 Å². The lowest BCUT2D eigenvalue weighted by molar-refractivity contribution is 0.513. The summed E-state index contributed by atoms with van der Waals surface area (Å²) in [4.78, 5) is 9.21. The highest BCUT2D eigenvalue weighted by Gasteiger charge is 2.30. The monoisotopic (exact) mass is 372 g/mol. The van der Waals surface area contributed by atoms with E-state index in [4.69, 9.17) is 28.2 Å². The molecule has 0 aliphatic carbocycles. The molecule has 0 amide bonds. The molecule has 2 nitrogen and oxygen atoms in total. The normalized spacial score (nSPS) is 15.8. The molecule has 1 aliphatic heterocycles. The summed E-state index contributed by atoms with van der Waals surface area (Å²) in [6.45, 7) is 4.11. The molecule has 2 heterocycles. The zero-order valence-electron chi connectivity index (χ0n) is 13.8. The van der Waals surface area contributed by atoms with Gasteiger partial charge in [-0.2, -0.15) is 0 Å². The van der Waals surface area contributed by atoms with Gasteiger partial charge in [0.2, 0.25) is 0 Å². The number of aromatic nitrogens is 1. The number of hydrogen-bond donors (Lipinski definition) is 0. The third kappa shape index (κ3) is 2.82. The molecule has 4 rings (SSSR count). The van der Waals surface area contributed by atoms with E-state index in [1.165, 1.54) is 6.07 Å². The number of halogens is 3. The summed E-state index contributed by atoms with van der Waals surface area (Å²) in [5.41, 5.74) is 3.63. The van der Waals surface area contributed by atoms with Crippen molar-refractivity contribution in [2.45, 2.75) is 25.8 Å². The molecule has 3 aromatic rings. The summed E-state index contributed by atoms with van der Waals surface area (Å²) in [6.07, 6.45) is 2.37. The van der Waals surface area contributed by atoms with Crippen LogP contribution in [0.25, 0.3) is 10.9 Å². The minimum absolute atomic E-state index is 0.312. The van der Waals surface area contributed by atoms with Crippen molar-refractivity contribution in [1.82, 2.24) is 4.98 Å². The molecule has 25 heavy (non-hydrogen) atoms. The fraction of sp³-hybridized carbons (Fsp3) is 0.200. The van der Waals surface area contributed by atoms with Crippen LogP contribution in [0.5, 0.6) is 0 Å². The first kappa shape index (κ1) is 16.5. The predicted octanol–water partition coefficient (Wildman–Crippen LogP) is 5.85. The number of benzene rings is 2. The van der Waals surface area contributed by atoms with E-state index < -0.39 is 0 Å². The van der Waals surface area contributed by atoms with E-state index in [0.29, 0.717) is 22.0 Å². The maximum absolute atomic E-state index is 13.9. The van der Waals surface area contributed by atoms with Gasteiger partial charge in [-0.05, 0) is 44.0 Å². The maximum Gasteiger partial charge on any atom is 0.149 e. The first-order chi connectivity index (χ1) is 11.9. The van der Waals surface area contributed by atoms with Crippen molar-refractivity contribution in [3.8, 4) is 0 Å². The molecule has 0 N–H and O–H groups in total. The molecule has 1 aliphatic rings. The lowest BCUT2D eigenvalue weighted by Crippen LogP contribution is -2.29. The molecule has 5 heteroatoms. The second-order valence-corrected chi connectivity index (χ2v) is 7.66. The van der Waals surface area contributed by atoms with Crippen molar-refractivity contribution >= 4 is 39.8 Å². The van der Waals surface area contributed by atoms with Crippen LogP contribution in [0.15, 0.2) is 47.6 Å². The van der Waals surface area contributed by atoms with Gasteiger partial charge in [0.15, 0.2) is 0 Å². The Bertz CT molecular complexity index is 1040. The highest BCUT2D eigenvalue weighted by molar-refractivity contribution is 6.43. The Morgan fingerprint density at radius 2 is 1.92 bits per heavy atom. The number of para-hydroxylation sites is 1. The van der Waals surface area contributed by atoms with E-state index in [1.54, 1.807) is 18.3 Å². The first-order valence-electron chi connectivity index (χ1n) is 7.97. The number of fused-ring (bicyclic) bond motifs is 2. The van der Waals surface area contributed by atoms with E-state index in [9.17, 15) is 4.39 Å². The summed E-state index contributed by atoms with van der Waals surface area (Å²) in [6, 6.07) is 10.6. The van der Waals surface area contributed by atoms with Crippen LogP contribution in [0.2, 0.25) is 10.0 Å². The zero-order chi connectivity index (χ0) is 17.8. The Morgan fingerprint density at radius 3 is 2.72 bits per heavy atom. The Kier molecular flexibility index (Phi) is 3.82. The molecule has 0 bridgehead atoms. The molecule has 0 unspecified atom stereocenters. The van der Waals surface area contributed by atoms with E-state index in [1.807, 2.05) is 18.2 Å². The molecule has 0 saturated heterocycles. The molecule has 1 aromatic heterocycles. The number of pyridine rings is 1. The fourth-order valence-corrected chi connectivity index (χ4v) is 3.70. The minimum Gasteiger partial charge on any atom is -0.278 e. The summed E-state index contributed by atoms with van der Waals surface area (Å²) in [7, 11) is 0. The van der Waals surface area contributed by atoms with Crippen LogP contribution in [-0.4, -0.2) is 16.2 Å². The van der Waals surface area contributed by atoms with Crippen LogP contribution in [0.1, 0.15) is 30.5 Å². The molecule has 126 valence electrons. The van der Waals surface area contributed by atoms with Gasteiger partial charge in [0.1, 0.15) is 11.3 Å². The van der Waals surface area contributed by atoms with Crippen molar-refractivity contribution in [1.29, 1.82) is 0 Å². The van der Waals surface area contributed by atoms with Gasteiger partial charge in [0, 0.05) is 22.7 Å². The number of aliphatic imine (C=N–C) groups is 1. The first-order valence-corrected chi connectivity index (χ1v) is 8.73. The van der Waals surface area contributed by atoms with Gasteiger partial charge in [0.05, 0.1) is 21.3 Å². The third-order valence-corrected chi connectivity index (χ3v) is 5.25. The van der Waals surface area contributed by atoms with Crippen molar-refractivity contribution < 1.29 is 4.39 Å². The van der Waals surface area contributed by atoms with Crippen molar-refractivity contribution in [2.24, 2.45) is 4.99 Å². The van der Waals surface area contributed by atoms with E-state index in [0.717, 1.165) is 27.8 Å². The van der Waals surface area contributed by atoms with Crippen LogP contribution in [0, 0.1) is 5.82 Å². The maximum atomic E-state index is 13.9. The van der Waals surface area contributed by atoms with Crippen molar-refractivity contribution in [3.05, 3.63) is 75.1 Å². The lowest BCUT2D eigenvalue weighted by Gasteiger charge is -2.30. The highest BCUT2D eigenvalue weighted by Crippen LogP contribution is 2.37. The topological polar surface area (TPSA) is 25.2 Å². The van der Waals surface area contributed by atoms with Crippen molar-refractivity contribution in [2.75, 3.05) is 0 Å². The average molecular weight is 373 g/mol. The summed E-state index contributed by atoms with van der Waals surface area (Å²) >= 11 is 12.7. The zero-order valence-corrected chi connectivity index (χ0v) is 15.3. The van der Waals surface area contributed by atoms with Gasteiger partial charge in [-0.25, -0.2) is 4.39 Å². The standard InChI is InChI=1S/C20H15Cl2FN2/c1-20(2)9-14-13(6-7-15(21)17(14)22)18(25-20)12-8-11-4-3-5-16(23)19(11)24-10-12/h3-8,10H,9H2,1-2H3. The molecular weight excluding hydrogens is 358 g/mol. The Labute approximate surface area is 155 Å². The van der Waals surface area contributed by atoms with Gasteiger partial charge >= 0.3 is 0 Å². The van der Waals surface area contributed by atoms with Crippen LogP contribution in [0.3, 0.4) is 0 Å². The van der Waals surface area contributed by atoms with Crippen LogP contribution in [-0.2, 0) is 6.42 Å². The molecule has 2 aromatic carbocycles. The Balaban J connectivity index is 1.96. The summed E-state index contributed by atoms with van der Waals surface area (Å²) in [5, 5.41) is 1.85. The second-order valence-electron chi connectivity index (χ2n) is 6.87. The van der Waals surface area contributed by atoms with Gasteiger partial charge in [-0.1, -0.05) is 41.4 Å². The quantitative estimate of drug-likeness (QED) is 0.525. The smallest absolute Gasteiger partial charge is 0.149 e. The lowest BCUT2D eigenvalue weighted by atomic mass is 9.85. The summed E-state index contributed by atoms with van der Waals surface area (Å²) in [5.74, 6) is -0.329. The largest absolute Gasteiger partial charge is 0.278 e. The fourth-order valence-electron chi connectivity index (χ4n) is 3.30. The number of nitrogens with zero attached hydrogens (tertiary/aromatic N) is 2. The number of hydrogen-bond acceptors (Lipinski definition) is 2. The predicted molar refractivity (Wildman–Crippen MR) is 102 cm³/mol. The van der Waals surface area contributed by atoms with E-state index in [-0.39, 0.29) is 11.4 Å².